The zero-order valence-electron chi connectivity index (χ0n) is 17.3. The Bertz CT molecular complexity index is 1210. The molecule has 3 aromatic rings. The third-order valence-electron chi connectivity index (χ3n) is 5.24. The molecule has 1 aliphatic rings. The molecule has 1 aliphatic heterocycles. The van der Waals surface area contributed by atoms with Gasteiger partial charge in [-0.3, -0.25) is 4.79 Å². The standard InChI is InChI=1S/C24H23ClN2O4S/c25-21-14-13-19(32(29,30)27-15-7-2-8-16-27)17-20(21)24(28)26-22-11-5-6-12-23(22)31-18-9-3-1-4-10-18/h1,3-6,9-14,17H,2,7-8,15-16H2,(H,26,28). The number of rotatable bonds is 6. The van der Waals surface area contributed by atoms with E-state index in [-0.39, 0.29) is 15.5 Å². The number of hydrogen-bond acceptors (Lipinski definition) is 4. The van der Waals surface area contributed by atoms with Gasteiger partial charge in [-0.05, 0) is 55.3 Å². The van der Waals surface area contributed by atoms with Crippen LogP contribution in [0.2, 0.25) is 5.02 Å². The number of ether oxygens (including phenoxy) is 1. The highest BCUT2D eigenvalue weighted by Gasteiger charge is 2.27. The van der Waals surface area contributed by atoms with E-state index in [0.717, 1.165) is 19.3 Å². The number of carbonyl (C=O) groups excluding carboxylic acids is 1. The van der Waals surface area contributed by atoms with Crippen LogP contribution in [0.15, 0.2) is 77.7 Å². The second-order valence-corrected chi connectivity index (χ2v) is 9.82. The molecule has 8 heteroatoms. The van der Waals surface area contributed by atoms with Gasteiger partial charge in [0.05, 0.1) is 21.2 Å². The monoisotopic (exact) mass is 470 g/mol. The van der Waals surface area contributed by atoms with Crippen molar-refractivity contribution in [2.24, 2.45) is 0 Å². The van der Waals surface area contributed by atoms with E-state index in [2.05, 4.69) is 5.32 Å². The minimum atomic E-state index is -3.69. The molecule has 32 heavy (non-hydrogen) atoms. The molecule has 166 valence electrons. The molecule has 4 rings (SSSR count). The van der Waals surface area contributed by atoms with E-state index in [0.29, 0.717) is 30.3 Å². The van der Waals surface area contributed by atoms with Crippen molar-refractivity contribution in [2.75, 3.05) is 18.4 Å². The summed E-state index contributed by atoms with van der Waals surface area (Å²) in [4.78, 5) is 13.1. The summed E-state index contributed by atoms with van der Waals surface area (Å²) in [5.41, 5.74) is 0.529. The number of nitrogens with one attached hydrogen (secondary N) is 1. The third kappa shape index (κ3) is 4.96. The summed E-state index contributed by atoms with van der Waals surface area (Å²) in [6.07, 6.45) is 2.68. The Kier molecular flexibility index (Phi) is 6.79. The van der Waals surface area contributed by atoms with Crippen LogP contribution < -0.4 is 10.1 Å². The fourth-order valence-corrected chi connectivity index (χ4v) is 5.30. The third-order valence-corrected chi connectivity index (χ3v) is 7.47. The quantitative estimate of drug-likeness (QED) is 0.511. The fraction of sp³-hybridized carbons (Fsp3) is 0.208. The van der Waals surface area contributed by atoms with E-state index in [1.807, 2.05) is 30.3 Å². The Morgan fingerprint density at radius 3 is 2.34 bits per heavy atom. The summed E-state index contributed by atoms with van der Waals surface area (Å²) in [6.45, 7) is 0.966. The number of piperidine rings is 1. The molecule has 0 saturated carbocycles. The lowest BCUT2D eigenvalue weighted by Gasteiger charge is -2.26. The molecule has 1 fully saturated rings. The van der Waals surface area contributed by atoms with Gasteiger partial charge in [-0.1, -0.05) is 48.4 Å². The summed E-state index contributed by atoms with van der Waals surface area (Å²) < 4.78 is 33.4. The zero-order valence-corrected chi connectivity index (χ0v) is 18.9. The predicted octanol–water partition coefficient (Wildman–Crippen LogP) is 5.56. The van der Waals surface area contributed by atoms with Crippen molar-refractivity contribution in [1.82, 2.24) is 4.31 Å². The maximum Gasteiger partial charge on any atom is 0.257 e. The van der Waals surface area contributed by atoms with E-state index in [9.17, 15) is 13.2 Å². The van der Waals surface area contributed by atoms with Crippen molar-refractivity contribution in [3.05, 3.63) is 83.4 Å². The van der Waals surface area contributed by atoms with Crippen LogP contribution in [-0.4, -0.2) is 31.7 Å². The van der Waals surface area contributed by atoms with Crippen molar-refractivity contribution < 1.29 is 17.9 Å². The number of amides is 1. The lowest BCUT2D eigenvalue weighted by molar-refractivity contribution is 0.102. The first-order valence-electron chi connectivity index (χ1n) is 10.4. The van der Waals surface area contributed by atoms with Crippen LogP contribution in [-0.2, 0) is 10.0 Å². The van der Waals surface area contributed by atoms with Crippen LogP contribution in [0.1, 0.15) is 29.6 Å². The van der Waals surface area contributed by atoms with Crippen molar-refractivity contribution in [1.29, 1.82) is 0 Å². The van der Waals surface area contributed by atoms with Crippen LogP contribution in [0.4, 0.5) is 5.69 Å². The molecule has 1 amide bonds. The molecule has 0 spiro atoms. The van der Waals surface area contributed by atoms with Crippen LogP contribution >= 0.6 is 11.6 Å². The molecule has 0 aliphatic carbocycles. The summed E-state index contributed by atoms with van der Waals surface area (Å²) in [6, 6.07) is 20.4. The number of para-hydroxylation sites is 3. The molecule has 6 nitrogen and oxygen atoms in total. The van der Waals surface area contributed by atoms with E-state index in [1.165, 1.54) is 22.5 Å². The van der Waals surface area contributed by atoms with Gasteiger partial charge in [-0.2, -0.15) is 4.31 Å². The predicted molar refractivity (Wildman–Crippen MR) is 125 cm³/mol. The molecule has 0 unspecified atom stereocenters. The number of sulfonamides is 1. The zero-order chi connectivity index (χ0) is 22.6. The van der Waals surface area contributed by atoms with Gasteiger partial charge in [0.2, 0.25) is 10.0 Å². The first kappa shape index (κ1) is 22.3. The summed E-state index contributed by atoms with van der Waals surface area (Å²) in [5, 5.41) is 2.96. The molecule has 1 saturated heterocycles. The largest absolute Gasteiger partial charge is 0.455 e. The van der Waals surface area contributed by atoms with Gasteiger partial charge in [0.25, 0.3) is 5.91 Å². The molecule has 1 N–H and O–H groups in total. The van der Waals surface area contributed by atoms with Gasteiger partial charge >= 0.3 is 0 Å². The average Bonchev–Trinajstić information content (AvgIpc) is 2.81. The highest BCUT2D eigenvalue weighted by molar-refractivity contribution is 7.89. The smallest absolute Gasteiger partial charge is 0.257 e. The minimum Gasteiger partial charge on any atom is -0.455 e. The average molecular weight is 471 g/mol. The van der Waals surface area contributed by atoms with E-state index in [1.54, 1.807) is 24.3 Å². The molecule has 3 aromatic carbocycles. The lowest BCUT2D eigenvalue weighted by atomic mass is 10.2. The van der Waals surface area contributed by atoms with Crippen LogP contribution in [0.25, 0.3) is 0 Å². The van der Waals surface area contributed by atoms with Gasteiger partial charge < -0.3 is 10.1 Å². The Hall–Kier alpha value is -2.87. The Morgan fingerprint density at radius 2 is 1.59 bits per heavy atom. The number of hydrogen-bond donors (Lipinski definition) is 1. The van der Waals surface area contributed by atoms with Crippen LogP contribution in [0, 0.1) is 0 Å². The molecule has 0 bridgehead atoms. The molecular formula is C24H23ClN2O4S. The van der Waals surface area contributed by atoms with Gasteiger partial charge in [-0.15, -0.1) is 0 Å². The van der Waals surface area contributed by atoms with Gasteiger partial charge in [-0.25, -0.2) is 8.42 Å². The second kappa shape index (κ2) is 9.73. The van der Waals surface area contributed by atoms with E-state index >= 15 is 0 Å². The van der Waals surface area contributed by atoms with Crippen molar-refractivity contribution in [2.45, 2.75) is 24.2 Å². The van der Waals surface area contributed by atoms with Crippen LogP contribution in [0.3, 0.4) is 0 Å². The summed E-state index contributed by atoms with van der Waals surface area (Å²) >= 11 is 6.26. The summed E-state index contributed by atoms with van der Waals surface area (Å²) in [7, 11) is -3.69. The molecular weight excluding hydrogens is 448 g/mol. The second-order valence-electron chi connectivity index (χ2n) is 7.47. The molecule has 0 aromatic heterocycles. The number of nitrogens with zero attached hydrogens (tertiary/aromatic N) is 1. The molecule has 0 atom stereocenters. The van der Waals surface area contributed by atoms with E-state index < -0.39 is 15.9 Å². The van der Waals surface area contributed by atoms with Crippen molar-refractivity contribution in [3.63, 3.8) is 0 Å². The van der Waals surface area contributed by atoms with Crippen molar-refractivity contribution in [3.8, 4) is 11.5 Å². The molecule has 0 radical (unpaired) electrons. The van der Waals surface area contributed by atoms with Crippen LogP contribution in [0.5, 0.6) is 11.5 Å². The highest BCUT2D eigenvalue weighted by atomic mass is 35.5. The Labute approximate surface area is 192 Å². The topological polar surface area (TPSA) is 75.7 Å². The maximum absolute atomic E-state index is 13.0. The summed E-state index contributed by atoms with van der Waals surface area (Å²) in [5.74, 6) is 0.567. The number of carbonyl (C=O) groups is 1. The maximum atomic E-state index is 13.0. The number of halogens is 1. The first-order valence-corrected chi connectivity index (χ1v) is 12.2. The lowest BCUT2D eigenvalue weighted by Crippen LogP contribution is -2.35. The van der Waals surface area contributed by atoms with E-state index in [4.69, 9.17) is 16.3 Å². The normalized spacial score (nSPS) is 14.7. The number of benzene rings is 3. The fourth-order valence-electron chi connectivity index (χ4n) is 3.56. The van der Waals surface area contributed by atoms with Gasteiger partial charge in [0, 0.05) is 13.1 Å². The van der Waals surface area contributed by atoms with Crippen molar-refractivity contribution >= 4 is 33.2 Å². The number of anilines is 1. The Balaban J connectivity index is 1.59. The molecule has 1 heterocycles. The Morgan fingerprint density at radius 1 is 0.906 bits per heavy atom. The highest BCUT2D eigenvalue weighted by Crippen LogP contribution is 2.31. The van der Waals surface area contributed by atoms with Gasteiger partial charge in [0.1, 0.15) is 5.75 Å². The SMILES string of the molecule is O=C(Nc1ccccc1Oc1ccccc1)c1cc(S(=O)(=O)N2CCCCC2)ccc1Cl. The minimum absolute atomic E-state index is 0.0581. The van der Waals surface area contributed by atoms with Gasteiger partial charge in [0.15, 0.2) is 5.75 Å². The first-order chi connectivity index (χ1) is 15.4.